The number of hydrogen-bond donors (Lipinski definition) is 0. The topological polar surface area (TPSA) is 72.1 Å². The highest BCUT2D eigenvalue weighted by Gasteiger charge is 2.20. The lowest BCUT2D eigenvalue weighted by molar-refractivity contribution is 0.0527. The smallest absolute Gasteiger partial charge is 0.343 e. The fourth-order valence-corrected chi connectivity index (χ4v) is 2.61. The van der Waals surface area contributed by atoms with Gasteiger partial charge in [0.1, 0.15) is 5.56 Å². The van der Waals surface area contributed by atoms with Crippen LogP contribution >= 0.6 is 0 Å². The van der Waals surface area contributed by atoms with E-state index in [2.05, 4.69) is 15.4 Å². The molecule has 0 bridgehead atoms. The molecule has 0 atom stereocenters. The third kappa shape index (κ3) is 4.91. The first-order chi connectivity index (χ1) is 12.4. The summed E-state index contributed by atoms with van der Waals surface area (Å²) in [5.74, 6) is -0.0417. The highest BCUT2D eigenvalue weighted by Crippen LogP contribution is 2.23. The predicted molar refractivity (Wildman–Crippen MR) is 100 cm³/mol. The van der Waals surface area contributed by atoms with Gasteiger partial charge >= 0.3 is 5.97 Å². The molecule has 0 aliphatic carbocycles. The maximum atomic E-state index is 12.3. The monoisotopic (exact) mass is 357 g/mol. The van der Waals surface area contributed by atoms with E-state index < -0.39 is 5.97 Å². The first-order valence-electron chi connectivity index (χ1n) is 8.90. The van der Waals surface area contributed by atoms with Crippen LogP contribution in [0.2, 0.25) is 0 Å². The Labute approximate surface area is 154 Å². The Kier molecular flexibility index (Phi) is 6.89. The summed E-state index contributed by atoms with van der Waals surface area (Å²) in [7, 11) is 0. The Morgan fingerprint density at radius 3 is 2.42 bits per heavy atom. The summed E-state index contributed by atoms with van der Waals surface area (Å²) in [5.41, 5.74) is 1.38. The fraction of sp³-hybridized carbons (Fsp3) is 0.474. The van der Waals surface area contributed by atoms with Crippen molar-refractivity contribution >= 4 is 11.8 Å². The lowest BCUT2D eigenvalue weighted by Gasteiger charge is -2.25. The van der Waals surface area contributed by atoms with Crippen LogP contribution in [-0.4, -0.2) is 39.4 Å². The molecule has 0 fully saturated rings. The van der Waals surface area contributed by atoms with Crippen LogP contribution in [0.5, 0.6) is 0 Å². The molecular weight excluding hydrogens is 330 g/mol. The highest BCUT2D eigenvalue weighted by molar-refractivity contribution is 5.93. The number of rotatable bonds is 8. The standard InChI is InChI=1S/C19H27N5O2/c1-6-26-19(25)17-12-20-23(13-16-10-8-7-9-11-16)18(17)21-22-24(14(2)3)15(4)5/h7-12,14-15H,6,13H2,1-5H3/b22-21+. The molecular formula is C19H27N5O2. The van der Waals surface area contributed by atoms with Crippen LogP contribution in [0.1, 0.15) is 50.5 Å². The van der Waals surface area contributed by atoms with E-state index >= 15 is 0 Å². The number of carbonyl (C=O) groups is 1. The Bertz CT molecular complexity index is 730. The molecule has 7 heteroatoms. The minimum absolute atomic E-state index is 0.190. The molecule has 7 nitrogen and oxygen atoms in total. The summed E-state index contributed by atoms with van der Waals surface area (Å²) in [6, 6.07) is 10.3. The van der Waals surface area contributed by atoms with Crippen molar-refractivity contribution in [2.24, 2.45) is 10.3 Å². The molecule has 140 valence electrons. The van der Waals surface area contributed by atoms with Crippen molar-refractivity contribution in [3.63, 3.8) is 0 Å². The average molecular weight is 357 g/mol. The number of ether oxygens (including phenoxy) is 1. The van der Waals surface area contributed by atoms with Crippen LogP contribution in [0.25, 0.3) is 0 Å². The molecule has 0 unspecified atom stereocenters. The summed E-state index contributed by atoms with van der Waals surface area (Å²) in [6.07, 6.45) is 1.49. The average Bonchev–Trinajstić information content (AvgIpc) is 2.98. The number of aromatic nitrogens is 2. The normalized spacial score (nSPS) is 11.5. The molecule has 0 radical (unpaired) electrons. The van der Waals surface area contributed by atoms with Gasteiger partial charge in [-0.15, -0.1) is 5.11 Å². The van der Waals surface area contributed by atoms with Gasteiger partial charge in [-0.2, -0.15) is 5.10 Å². The predicted octanol–water partition coefficient (Wildman–Crippen LogP) is 4.23. The quantitative estimate of drug-likeness (QED) is 0.403. The summed E-state index contributed by atoms with van der Waals surface area (Å²) >= 11 is 0. The molecule has 2 aromatic rings. The molecule has 0 aliphatic rings. The minimum Gasteiger partial charge on any atom is -0.462 e. The van der Waals surface area contributed by atoms with Crippen molar-refractivity contribution < 1.29 is 9.53 Å². The van der Waals surface area contributed by atoms with Crippen LogP contribution in [0.4, 0.5) is 5.82 Å². The van der Waals surface area contributed by atoms with Crippen molar-refractivity contribution in [1.82, 2.24) is 14.8 Å². The maximum absolute atomic E-state index is 12.3. The molecule has 1 aromatic heterocycles. The van der Waals surface area contributed by atoms with E-state index in [-0.39, 0.29) is 12.1 Å². The summed E-state index contributed by atoms with van der Waals surface area (Å²) in [5, 5.41) is 14.9. The van der Waals surface area contributed by atoms with Gasteiger partial charge in [0.2, 0.25) is 0 Å². The zero-order chi connectivity index (χ0) is 19.1. The molecule has 0 aliphatic heterocycles. The lowest BCUT2D eigenvalue weighted by Crippen LogP contribution is -2.31. The van der Waals surface area contributed by atoms with E-state index in [1.54, 1.807) is 11.6 Å². The zero-order valence-corrected chi connectivity index (χ0v) is 16.1. The number of carbonyl (C=O) groups excluding carboxylic acids is 1. The van der Waals surface area contributed by atoms with Crippen LogP contribution in [0.15, 0.2) is 46.9 Å². The second-order valence-corrected chi connectivity index (χ2v) is 6.50. The van der Waals surface area contributed by atoms with Gasteiger partial charge in [-0.3, -0.25) is 5.01 Å². The molecule has 1 heterocycles. The van der Waals surface area contributed by atoms with Crippen molar-refractivity contribution in [1.29, 1.82) is 0 Å². The van der Waals surface area contributed by atoms with Crippen LogP contribution in [0, 0.1) is 0 Å². The Hall–Kier alpha value is -2.70. The maximum Gasteiger partial charge on any atom is 0.343 e. The van der Waals surface area contributed by atoms with Crippen molar-refractivity contribution in [2.45, 2.75) is 53.2 Å². The zero-order valence-electron chi connectivity index (χ0n) is 16.1. The fourth-order valence-electron chi connectivity index (χ4n) is 2.61. The summed E-state index contributed by atoms with van der Waals surface area (Å²) < 4.78 is 6.80. The third-order valence-corrected chi connectivity index (χ3v) is 3.78. The van der Waals surface area contributed by atoms with E-state index in [9.17, 15) is 4.79 Å². The highest BCUT2D eigenvalue weighted by atomic mass is 16.5. The second kappa shape index (κ2) is 9.12. The first-order valence-corrected chi connectivity index (χ1v) is 8.90. The summed E-state index contributed by atoms with van der Waals surface area (Å²) in [6.45, 7) is 10.8. The van der Waals surface area contributed by atoms with Crippen molar-refractivity contribution in [3.8, 4) is 0 Å². The SMILES string of the molecule is CCOC(=O)c1cnn(Cc2ccccc2)c1/N=N/N(C(C)C)C(C)C. The van der Waals surface area contributed by atoms with Crippen molar-refractivity contribution in [2.75, 3.05) is 6.61 Å². The first kappa shape index (κ1) is 19.6. The van der Waals surface area contributed by atoms with E-state index in [1.807, 2.05) is 63.0 Å². The molecule has 0 saturated carbocycles. The Morgan fingerprint density at radius 1 is 1.19 bits per heavy atom. The Balaban J connectivity index is 2.38. The van der Waals surface area contributed by atoms with Gasteiger partial charge in [-0.1, -0.05) is 35.6 Å². The van der Waals surface area contributed by atoms with Gasteiger partial charge in [-0.05, 0) is 40.2 Å². The summed E-state index contributed by atoms with van der Waals surface area (Å²) in [4.78, 5) is 12.3. The van der Waals surface area contributed by atoms with E-state index in [0.29, 0.717) is 24.5 Å². The van der Waals surface area contributed by atoms with E-state index in [0.717, 1.165) is 5.56 Å². The number of esters is 1. The van der Waals surface area contributed by atoms with E-state index in [1.165, 1.54) is 6.20 Å². The molecule has 26 heavy (non-hydrogen) atoms. The largest absolute Gasteiger partial charge is 0.462 e. The van der Waals surface area contributed by atoms with E-state index in [4.69, 9.17) is 4.74 Å². The molecule has 0 saturated heterocycles. The van der Waals surface area contributed by atoms with Crippen LogP contribution in [0.3, 0.4) is 0 Å². The molecule has 0 amide bonds. The minimum atomic E-state index is -0.443. The van der Waals surface area contributed by atoms with Crippen LogP contribution < -0.4 is 0 Å². The van der Waals surface area contributed by atoms with Gasteiger partial charge in [0.25, 0.3) is 0 Å². The molecule has 0 N–H and O–H groups in total. The van der Waals surface area contributed by atoms with Gasteiger partial charge in [0.05, 0.1) is 19.3 Å². The number of hydrogen-bond acceptors (Lipinski definition) is 5. The van der Waals surface area contributed by atoms with Crippen molar-refractivity contribution in [3.05, 3.63) is 47.7 Å². The van der Waals surface area contributed by atoms with Gasteiger partial charge < -0.3 is 4.74 Å². The Morgan fingerprint density at radius 2 is 1.85 bits per heavy atom. The number of nitrogens with zero attached hydrogens (tertiary/aromatic N) is 5. The van der Waals surface area contributed by atoms with Gasteiger partial charge in [-0.25, -0.2) is 9.48 Å². The second-order valence-electron chi connectivity index (χ2n) is 6.50. The number of benzene rings is 1. The van der Waals surface area contributed by atoms with Gasteiger partial charge in [0, 0.05) is 12.1 Å². The van der Waals surface area contributed by atoms with Crippen LogP contribution in [-0.2, 0) is 11.3 Å². The molecule has 1 aromatic carbocycles. The molecule has 2 rings (SSSR count). The third-order valence-electron chi connectivity index (χ3n) is 3.78. The van der Waals surface area contributed by atoms with Gasteiger partial charge in [0.15, 0.2) is 5.82 Å². The molecule has 0 spiro atoms. The lowest BCUT2D eigenvalue weighted by atomic mass is 10.2.